The van der Waals surface area contributed by atoms with Gasteiger partial charge in [-0.1, -0.05) is 12.1 Å². The minimum absolute atomic E-state index is 0.0974. The summed E-state index contributed by atoms with van der Waals surface area (Å²) in [6.07, 6.45) is 4.65. The van der Waals surface area contributed by atoms with Gasteiger partial charge in [0.2, 0.25) is 5.91 Å². The number of benzene rings is 1. The molecule has 2 aliphatic rings. The number of aromatic hydroxyl groups is 1. The number of carbonyl (C=O) groups excluding carboxylic acids is 1. The highest BCUT2D eigenvalue weighted by atomic mass is 16.3. The van der Waals surface area contributed by atoms with E-state index in [2.05, 4.69) is 11.0 Å². The van der Waals surface area contributed by atoms with Crippen molar-refractivity contribution in [2.75, 3.05) is 31.6 Å². The summed E-state index contributed by atoms with van der Waals surface area (Å²) < 4.78 is 1.93. The van der Waals surface area contributed by atoms with Crippen molar-refractivity contribution >= 4 is 11.6 Å². The molecule has 0 spiro atoms. The maximum Gasteiger partial charge on any atom is 0.250 e. The van der Waals surface area contributed by atoms with E-state index in [1.807, 2.05) is 16.7 Å². The van der Waals surface area contributed by atoms with E-state index >= 15 is 0 Å². The van der Waals surface area contributed by atoms with Crippen molar-refractivity contribution in [3.63, 3.8) is 0 Å². The van der Waals surface area contributed by atoms with Gasteiger partial charge in [0.15, 0.2) is 0 Å². The minimum atomic E-state index is -0.0974. The van der Waals surface area contributed by atoms with Gasteiger partial charge in [-0.3, -0.25) is 14.5 Å². The van der Waals surface area contributed by atoms with E-state index in [9.17, 15) is 14.7 Å². The number of phenolic OH excluding ortho intramolecular Hbond substituents is 1. The number of phenols is 1. The number of piperidine rings is 1. The average Bonchev–Trinajstić information content (AvgIpc) is 2.69. The molecule has 1 aromatic heterocycles. The predicted octanol–water partition coefficient (Wildman–Crippen LogP) is 2.19. The molecular weight excluding hydrogens is 354 g/mol. The second-order valence-corrected chi connectivity index (χ2v) is 7.73. The number of anilines is 1. The number of carbonyl (C=O) groups is 1. The van der Waals surface area contributed by atoms with Crippen LogP contribution in [-0.2, 0) is 11.3 Å². The Morgan fingerprint density at radius 3 is 2.75 bits per heavy atom. The lowest BCUT2D eigenvalue weighted by Gasteiger charge is -2.42. The number of aromatic nitrogens is 1. The molecular formula is C22H25N3O3. The van der Waals surface area contributed by atoms with E-state index in [1.165, 1.54) is 0 Å². The first-order valence-electron chi connectivity index (χ1n) is 9.66. The number of fused-ring (bicyclic) bond motifs is 4. The van der Waals surface area contributed by atoms with Gasteiger partial charge in [0.05, 0.1) is 0 Å². The van der Waals surface area contributed by atoms with Crippen LogP contribution in [0, 0.1) is 5.92 Å². The van der Waals surface area contributed by atoms with Crippen LogP contribution >= 0.6 is 0 Å². The van der Waals surface area contributed by atoms with Crippen LogP contribution in [0.3, 0.4) is 0 Å². The molecule has 2 bridgehead atoms. The van der Waals surface area contributed by atoms with Crippen LogP contribution in [-0.4, -0.2) is 47.2 Å². The summed E-state index contributed by atoms with van der Waals surface area (Å²) in [6.45, 7) is 3.36. The number of hydrogen-bond acceptors (Lipinski definition) is 4. The Bertz CT molecular complexity index is 948. The molecule has 6 heteroatoms. The van der Waals surface area contributed by atoms with E-state index in [0.29, 0.717) is 11.8 Å². The van der Waals surface area contributed by atoms with E-state index in [1.54, 1.807) is 48.4 Å². The largest absolute Gasteiger partial charge is 0.508 e. The SMILES string of the molecule is CN(C(=O)C=CCN1CC2CC(C1)c1cccc(=O)n1C2)c1ccc(O)cc1. The van der Waals surface area contributed by atoms with Crippen molar-refractivity contribution in [3.05, 3.63) is 70.7 Å². The molecule has 1 fully saturated rings. The first-order valence-corrected chi connectivity index (χ1v) is 9.66. The summed E-state index contributed by atoms with van der Waals surface area (Å²) in [5.74, 6) is 0.944. The van der Waals surface area contributed by atoms with Crippen LogP contribution in [0.1, 0.15) is 18.0 Å². The molecule has 0 radical (unpaired) electrons. The summed E-state index contributed by atoms with van der Waals surface area (Å²) in [6, 6.07) is 12.1. The number of nitrogens with zero attached hydrogens (tertiary/aromatic N) is 3. The van der Waals surface area contributed by atoms with Crippen molar-refractivity contribution in [1.29, 1.82) is 0 Å². The van der Waals surface area contributed by atoms with E-state index < -0.39 is 0 Å². The van der Waals surface area contributed by atoms with Gasteiger partial charge in [0.25, 0.3) is 5.56 Å². The fourth-order valence-electron chi connectivity index (χ4n) is 4.36. The summed E-state index contributed by atoms with van der Waals surface area (Å²) in [5, 5.41) is 9.37. The molecule has 1 saturated heterocycles. The highest BCUT2D eigenvalue weighted by molar-refractivity contribution is 6.00. The van der Waals surface area contributed by atoms with Crippen molar-refractivity contribution in [2.24, 2.45) is 5.92 Å². The minimum Gasteiger partial charge on any atom is -0.508 e. The van der Waals surface area contributed by atoms with Gasteiger partial charge in [-0.2, -0.15) is 0 Å². The number of hydrogen-bond donors (Lipinski definition) is 1. The zero-order valence-electron chi connectivity index (χ0n) is 16.0. The van der Waals surface area contributed by atoms with E-state index in [-0.39, 0.29) is 17.2 Å². The number of likely N-dealkylation sites (tertiary alicyclic amines) is 1. The zero-order chi connectivity index (χ0) is 19.7. The lowest BCUT2D eigenvalue weighted by atomic mass is 9.83. The molecule has 2 aromatic rings. The van der Waals surface area contributed by atoms with Gasteiger partial charge in [-0.15, -0.1) is 0 Å². The third kappa shape index (κ3) is 3.73. The molecule has 6 nitrogen and oxygen atoms in total. The van der Waals surface area contributed by atoms with Gasteiger partial charge in [0, 0.05) is 62.7 Å². The average molecular weight is 379 g/mol. The normalized spacial score (nSPS) is 21.5. The van der Waals surface area contributed by atoms with Crippen molar-refractivity contribution in [3.8, 4) is 5.75 Å². The second-order valence-electron chi connectivity index (χ2n) is 7.73. The third-order valence-electron chi connectivity index (χ3n) is 5.75. The van der Waals surface area contributed by atoms with Gasteiger partial charge in [0.1, 0.15) is 5.75 Å². The number of likely N-dealkylation sites (N-methyl/N-ethyl adjacent to an activating group) is 1. The molecule has 146 valence electrons. The van der Waals surface area contributed by atoms with E-state index in [4.69, 9.17) is 0 Å². The number of rotatable bonds is 4. The van der Waals surface area contributed by atoms with Crippen LogP contribution in [0.15, 0.2) is 59.4 Å². The molecule has 1 amide bonds. The standard InChI is InChI=1S/C22H25N3O3/c1-23(18-7-9-19(26)10-8-18)21(27)6-3-11-24-13-16-12-17(15-24)20-4-2-5-22(28)25(20)14-16/h2-10,16-17,26H,11-15H2,1H3. The smallest absolute Gasteiger partial charge is 0.250 e. The van der Waals surface area contributed by atoms with Crippen LogP contribution in [0.5, 0.6) is 5.75 Å². The lowest BCUT2D eigenvalue weighted by Crippen LogP contribution is -2.47. The lowest BCUT2D eigenvalue weighted by molar-refractivity contribution is -0.113. The zero-order valence-corrected chi connectivity index (χ0v) is 16.0. The molecule has 4 rings (SSSR count). The Balaban J connectivity index is 1.37. The number of amides is 1. The van der Waals surface area contributed by atoms with Crippen LogP contribution < -0.4 is 10.5 Å². The first kappa shape index (κ1) is 18.5. The van der Waals surface area contributed by atoms with Gasteiger partial charge >= 0.3 is 0 Å². The van der Waals surface area contributed by atoms with Crippen LogP contribution in [0.25, 0.3) is 0 Å². The van der Waals surface area contributed by atoms with Crippen LogP contribution in [0.4, 0.5) is 5.69 Å². The highest BCUT2D eigenvalue weighted by Crippen LogP contribution is 2.34. The molecule has 1 N–H and O–H groups in total. The fourth-order valence-corrected chi connectivity index (χ4v) is 4.36. The number of pyridine rings is 1. The topological polar surface area (TPSA) is 65.8 Å². The first-order chi connectivity index (χ1) is 13.5. The highest BCUT2D eigenvalue weighted by Gasteiger charge is 2.33. The Hall–Kier alpha value is -2.86. The summed E-state index contributed by atoms with van der Waals surface area (Å²) in [7, 11) is 1.72. The molecule has 28 heavy (non-hydrogen) atoms. The van der Waals surface area contributed by atoms with Crippen LogP contribution in [0.2, 0.25) is 0 Å². The molecule has 2 aliphatic heterocycles. The summed E-state index contributed by atoms with van der Waals surface area (Å²) >= 11 is 0. The Morgan fingerprint density at radius 2 is 1.96 bits per heavy atom. The second kappa shape index (κ2) is 7.64. The Morgan fingerprint density at radius 1 is 1.18 bits per heavy atom. The molecule has 1 aromatic carbocycles. The van der Waals surface area contributed by atoms with E-state index in [0.717, 1.165) is 44.0 Å². The predicted molar refractivity (Wildman–Crippen MR) is 109 cm³/mol. The van der Waals surface area contributed by atoms with Gasteiger partial charge in [-0.25, -0.2) is 0 Å². The summed E-state index contributed by atoms with van der Waals surface area (Å²) in [4.78, 5) is 28.4. The molecule has 0 saturated carbocycles. The Kier molecular flexibility index (Phi) is 5.05. The maximum atomic E-state index is 12.4. The molecule has 2 unspecified atom stereocenters. The molecule has 0 aliphatic carbocycles. The van der Waals surface area contributed by atoms with Gasteiger partial charge < -0.3 is 14.6 Å². The van der Waals surface area contributed by atoms with Crippen molar-refractivity contribution in [1.82, 2.24) is 9.47 Å². The van der Waals surface area contributed by atoms with Crippen molar-refractivity contribution in [2.45, 2.75) is 18.9 Å². The monoisotopic (exact) mass is 379 g/mol. The maximum absolute atomic E-state index is 12.4. The third-order valence-corrected chi connectivity index (χ3v) is 5.75. The quantitative estimate of drug-likeness (QED) is 0.827. The molecule has 3 heterocycles. The van der Waals surface area contributed by atoms with Crippen molar-refractivity contribution < 1.29 is 9.90 Å². The molecule has 2 atom stereocenters. The van der Waals surface area contributed by atoms with Gasteiger partial charge in [-0.05, 0) is 42.7 Å². The Labute approximate surface area is 164 Å². The summed E-state index contributed by atoms with van der Waals surface area (Å²) in [5.41, 5.74) is 1.98. The fraction of sp³-hybridized carbons (Fsp3) is 0.364.